The normalized spacial score (nSPS) is 10.7. The smallest absolute Gasteiger partial charge is 0.267 e. The molecule has 4 rings (SSSR count). The fourth-order valence-corrected chi connectivity index (χ4v) is 4.26. The van der Waals surface area contributed by atoms with Gasteiger partial charge in [-0.05, 0) is 55.0 Å². The van der Waals surface area contributed by atoms with E-state index in [1.165, 1.54) is 11.3 Å². The van der Waals surface area contributed by atoms with E-state index in [9.17, 15) is 4.79 Å². The Hall–Kier alpha value is -3.65. The molecule has 0 aliphatic rings. The van der Waals surface area contributed by atoms with Gasteiger partial charge in [-0.1, -0.05) is 23.5 Å². The van der Waals surface area contributed by atoms with Crippen molar-refractivity contribution in [3.05, 3.63) is 72.1 Å². The van der Waals surface area contributed by atoms with Gasteiger partial charge in [0.1, 0.15) is 22.8 Å². The van der Waals surface area contributed by atoms with Crippen LogP contribution in [0.3, 0.4) is 0 Å². The van der Waals surface area contributed by atoms with Crippen molar-refractivity contribution in [1.29, 1.82) is 0 Å². The Kier molecular flexibility index (Phi) is 6.51. The average Bonchev–Trinajstić information content (AvgIpc) is 3.28. The van der Waals surface area contributed by atoms with Gasteiger partial charge in [0.2, 0.25) is 0 Å². The predicted molar refractivity (Wildman–Crippen MR) is 125 cm³/mol. The first-order valence-corrected chi connectivity index (χ1v) is 10.8. The number of carbonyl (C=O) groups excluding carboxylic acids is 1. The summed E-state index contributed by atoms with van der Waals surface area (Å²) in [6, 6.07) is 16.6. The van der Waals surface area contributed by atoms with E-state index in [1.54, 1.807) is 49.6 Å². The van der Waals surface area contributed by atoms with E-state index in [1.807, 2.05) is 37.3 Å². The number of aryl methyl sites for hydroxylation is 1. The lowest BCUT2D eigenvalue weighted by Gasteiger charge is -2.19. The van der Waals surface area contributed by atoms with Crippen molar-refractivity contribution in [2.75, 3.05) is 25.7 Å². The maximum absolute atomic E-state index is 13.2. The van der Waals surface area contributed by atoms with Crippen LogP contribution in [0.1, 0.15) is 11.3 Å². The number of methoxy groups -OCH3 is 2. The molecule has 2 aromatic heterocycles. The summed E-state index contributed by atoms with van der Waals surface area (Å²) in [5.74, 6) is 1.76. The number of amides is 1. The van der Waals surface area contributed by atoms with E-state index in [-0.39, 0.29) is 19.1 Å². The minimum atomic E-state index is -0.220. The summed E-state index contributed by atoms with van der Waals surface area (Å²) < 4.78 is 17.3. The van der Waals surface area contributed by atoms with Gasteiger partial charge in [-0.2, -0.15) is 0 Å². The second kappa shape index (κ2) is 9.65. The molecule has 0 aliphatic heterocycles. The lowest BCUT2D eigenvalue weighted by atomic mass is 10.2. The number of benzene rings is 2. The van der Waals surface area contributed by atoms with Crippen LogP contribution >= 0.6 is 11.3 Å². The first-order valence-electron chi connectivity index (χ1n) is 10.0. The number of thiazole rings is 1. The Morgan fingerprint density at radius 1 is 1.00 bits per heavy atom. The summed E-state index contributed by atoms with van der Waals surface area (Å²) in [4.78, 5) is 24.0. The van der Waals surface area contributed by atoms with Gasteiger partial charge in [0, 0.05) is 6.20 Å². The largest absolute Gasteiger partial charge is 0.497 e. The molecule has 0 radical (unpaired) electrons. The number of anilines is 1. The molecule has 2 heterocycles. The molecule has 0 atom stereocenters. The fourth-order valence-electron chi connectivity index (χ4n) is 3.19. The minimum Gasteiger partial charge on any atom is -0.497 e. The number of nitrogens with zero attached hydrogens (tertiary/aromatic N) is 3. The third kappa shape index (κ3) is 4.65. The topological polar surface area (TPSA) is 73.8 Å². The van der Waals surface area contributed by atoms with Crippen LogP contribution in [0, 0.1) is 6.92 Å². The Balaban J connectivity index is 1.63. The Morgan fingerprint density at radius 3 is 2.47 bits per heavy atom. The van der Waals surface area contributed by atoms with Crippen molar-refractivity contribution in [3.63, 3.8) is 0 Å². The number of hydrogen-bond acceptors (Lipinski definition) is 7. The van der Waals surface area contributed by atoms with Crippen LogP contribution in [0.5, 0.6) is 17.2 Å². The van der Waals surface area contributed by atoms with Crippen molar-refractivity contribution in [1.82, 2.24) is 9.97 Å². The molecule has 0 unspecified atom stereocenters. The zero-order chi connectivity index (χ0) is 22.5. The molecule has 0 N–H and O–H groups in total. The molecule has 0 aliphatic carbocycles. The summed E-state index contributed by atoms with van der Waals surface area (Å²) in [5, 5.41) is 0.571. The van der Waals surface area contributed by atoms with Gasteiger partial charge >= 0.3 is 0 Å². The van der Waals surface area contributed by atoms with E-state index in [0.717, 1.165) is 27.2 Å². The molecule has 7 nitrogen and oxygen atoms in total. The van der Waals surface area contributed by atoms with Crippen LogP contribution in [0.4, 0.5) is 5.13 Å². The van der Waals surface area contributed by atoms with E-state index < -0.39 is 0 Å². The van der Waals surface area contributed by atoms with Crippen LogP contribution in [-0.2, 0) is 11.3 Å². The molecule has 0 spiro atoms. The van der Waals surface area contributed by atoms with Crippen LogP contribution in [-0.4, -0.2) is 36.7 Å². The summed E-state index contributed by atoms with van der Waals surface area (Å²) in [5.41, 5.74) is 2.57. The van der Waals surface area contributed by atoms with Crippen molar-refractivity contribution < 1.29 is 19.0 Å². The second-order valence-corrected chi connectivity index (χ2v) is 8.00. The summed E-state index contributed by atoms with van der Waals surface area (Å²) in [6.07, 6.45) is 1.71. The third-order valence-electron chi connectivity index (χ3n) is 4.91. The number of fused-ring (bicyclic) bond motifs is 1. The lowest BCUT2D eigenvalue weighted by Crippen LogP contribution is -2.34. The standard InChI is InChI=1S/C24H23N3O4S/c1-16-7-12-20(30-3)22-23(16)32-24(26-22)27(14-17-6-4-5-13-25-17)21(28)15-31-19-10-8-18(29-2)9-11-19/h4-13H,14-15H2,1-3H3. The highest BCUT2D eigenvalue weighted by atomic mass is 32.1. The van der Waals surface area contributed by atoms with Crippen LogP contribution in [0.2, 0.25) is 0 Å². The summed E-state index contributed by atoms with van der Waals surface area (Å²) in [6.45, 7) is 2.17. The second-order valence-electron chi connectivity index (χ2n) is 7.02. The van der Waals surface area contributed by atoms with Gasteiger partial charge in [0.05, 0.1) is 31.2 Å². The van der Waals surface area contributed by atoms with E-state index in [0.29, 0.717) is 16.6 Å². The Morgan fingerprint density at radius 2 is 1.78 bits per heavy atom. The number of rotatable bonds is 8. The number of pyridine rings is 1. The van der Waals surface area contributed by atoms with Gasteiger partial charge in [0.25, 0.3) is 5.91 Å². The minimum absolute atomic E-state index is 0.134. The SMILES string of the molecule is COc1ccc(OCC(=O)N(Cc2ccccn2)c2nc3c(OC)ccc(C)c3s2)cc1. The monoisotopic (exact) mass is 449 g/mol. The van der Waals surface area contributed by atoms with Gasteiger partial charge < -0.3 is 14.2 Å². The lowest BCUT2D eigenvalue weighted by molar-refractivity contribution is -0.120. The van der Waals surface area contributed by atoms with Crippen molar-refractivity contribution >= 4 is 32.6 Å². The molecule has 0 fully saturated rings. The molecule has 32 heavy (non-hydrogen) atoms. The zero-order valence-corrected chi connectivity index (χ0v) is 18.9. The van der Waals surface area contributed by atoms with E-state index in [2.05, 4.69) is 4.98 Å². The number of carbonyl (C=O) groups is 1. The van der Waals surface area contributed by atoms with Crippen LogP contribution in [0.15, 0.2) is 60.8 Å². The third-order valence-corrected chi connectivity index (χ3v) is 6.13. The summed E-state index contributed by atoms with van der Waals surface area (Å²) >= 11 is 1.45. The highest BCUT2D eigenvalue weighted by Gasteiger charge is 2.23. The molecule has 0 saturated carbocycles. The fraction of sp³-hybridized carbons (Fsp3) is 0.208. The molecule has 2 aromatic carbocycles. The van der Waals surface area contributed by atoms with Crippen molar-refractivity contribution in [3.8, 4) is 17.2 Å². The highest BCUT2D eigenvalue weighted by molar-refractivity contribution is 7.22. The van der Waals surface area contributed by atoms with E-state index >= 15 is 0 Å². The molecule has 4 aromatic rings. The predicted octanol–water partition coefficient (Wildman–Crippen LogP) is 4.63. The number of aromatic nitrogens is 2. The van der Waals surface area contributed by atoms with Crippen LogP contribution in [0.25, 0.3) is 10.2 Å². The molecule has 0 bridgehead atoms. The van der Waals surface area contributed by atoms with Crippen LogP contribution < -0.4 is 19.1 Å². The highest BCUT2D eigenvalue weighted by Crippen LogP contribution is 2.36. The molecule has 1 amide bonds. The maximum atomic E-state index is 13.2. The van der Waals surface area contributed by atoms with Gasteiger partial charge in [0.15, 0.2) is 11.7 Å². The Bertz CT molecular complexity index is 1210. The van der Waals surface area contributed by atoms with E-state index in [4.69, 9.17) is 19.2 Å². The zero-order valence-electron chi connectivity index (χ0n) is 18.1. The Labute approximate surface area is 190 Å². The molecular formula is C24H23N3O4S. The summed E-state index contributed by atoms with van der Waals surface area (Å²) in [7, 11) is 3.21. The first-order chi connectivity index (χ1) is 15.6. The molecule has 0 saturated heterocycles. The van der Waals surface area contributed by atoms with Gasteiger partial charge in [-0.15, -0.1) is 0 Å². The average molecular weight is 450 g/mol. The first kappa shape index (κ1) is 21.6. The molecule has 164 valence electrons. The number of hydrogen-bond donors (Lipinski definition) is 0. The number of ether oxygens (including phenoxy) is 3. The van der Waals surface area contributed by atoms with Crippen molar-refractivity contribution in [2.24, 2.45) is 0 Å². The molecular weight excluding hydrogens is 426 g/mol. The van der Waals surface area contributed by atoms with Crippen molar-refractivity contribution in [2.45, 2.75) is 13.5 Å². The maximum Gasteiger partial charge on any atom is 0.267 e. The van der Waals surface area contributed by atoms with Gasteiger partial charge in [-0.25, -0.2) is 4.98 Å². The molecule has 8 heteroatoms. The quantitative estimate of drug-likeness (QED) is 0.391. The van der Waals surface area contributed by atoms with Gasteiger partial charge in [-0.3, -0.25) is 14.7 Å².